The van der Waals surface area contributed by atoms with Crippen LogP contribution in [0.3, 0.4) is 0 Å². The number of hydrogen-bond donors (Lipinski definition) is 1. The van der Waals surface area contributed by atoms with Crippen molar-refractivity contribution in [2.45, 2.75) is 84.5 Å². The van der Waals surface area contributed by atoms with Gasteiger partial charge in [0, 0.05) is 6.54 Å². The summed E-state index contributed by atoms with van der Waals surface area (Å²) in [4.78, 5) is 0. The van der Waals surface area contributed by atoms with Crippen LogP contribution in [0, 0.1) is 5.21 Å². The van der Waals surface area contributed by atoms with Gasteiger partial charge in [0.1, 0.15) is 6.67 Å². The van der Waals surface area contributed by atoms with Crippen molar-refractivity contribution >= 4 is 0 Å². The van der Waals surface area contributed by atoms with Gasteiger partial charge in [-0.25, -0.2) is 0 Å². The summed E-state index contributed by atoms with van der Waals surface area (Å²) in [6.45, 7) is 6.61. The van der Waals surface area contributed by atoms with E-state index in [4.69, 9.17) is 0 Å². The van der Waals surface area contributed by atoms with Gasteiger partial charge in [0.2, 0.25) is 0 Å². The van der Waals surface area contributed by atoms with Crippen LogP contribution >= 0.6 is 0 Å². The van der Waals surface area contributed by atoms with Gasteiger partial charge in [-0.05, 0) is 12.8 Å². The monoisotopic (exact) mass is 286 g/mol. The van der Waals surface area contributed by atoms with E-state index in [1.54, 1.807) is 7.05 Å². The van der Waals surface area contributed by atoms with Gasteiger partial charge in [0.25, 0.3) is 0 Å². The van der Waals surface area contributed by atoms with E-state index in [9.17, 15) is 5.21 Å². The molecule has 0 spiro atoms. The Morgan fingerprint density at radius 2 is 1.25 bits per heavy atom. The number of hydroxylamine groups is 3. The lowest BCUT2D eigenvalue weighted by atomic mass is 10.1. The Kier molecular flexibility index (Phi) is 13.8. The quantitative estimate of drug-likeness (QED) is 0.203. The zero-order chi connectivity index (χ0) is 15.1. The van der Waals surface area contributed by atoms with Crippen LogP contribution in [0.4, 0.5) is 0 Å². The summed E-state index contributed by atoms with van der Waals surface area (Å²) in [6.07, 6.45) is 14.6. The molecule has 122 valence electrons. The summed E-state index contributed by atoms with van der Waals surface area (Å²) in [5, 5.41) is 15.2. The largest absolute Gasteiger partial charge is 0.632 e. The Balaban J connectivity index is 3.13. The summed E-state index contributed by atoms with van der Waals surface area (Å²) in [5.41, 5.74) is 0. The first-order valence-corrected chi connectivity index (χ1v) is 8.88. The molecule has 0 amide bonds. The second-order valence-corrected chi connectivity index (χ2v) is 6.36. The minimum atomic E-state index is -0.145. The Labute approximate surface area is 127 Å². The molecule has 3 nitrogen and oxygen atoms in total. The third kappa shape index (κ3) is 14.3. The van der Waals surface area contributed by atoms with Crippen molar-refractivity contribution < 1.29 is 4.65 Å². The van der Waals surface area contributed by atoms with E-state index in [0.29, 0.717) is 13.2 Å². The molecule has 20 heavy (non-hydrogen) atoms. The lowest BCUT2D eigenvalue weighted by Gasteiger charge is -2.38. The van der Waals surface area contributed by atoms with Crippen molar-refractivity contribution in [1.29, 1.82) is 0 Å². The minimum absolute atomic E-state index is 0.145. The van der Waals surface area contributed by atoms with Crippen molar-refractivity contribution in [1.82, 2.24) is 5.32 Å². The van der Waals surface area contributed by atoms with Gasteiger partial charge in [-0.15, -0.1) is 0 Å². The van der Waals surface area contributed by atoms with Gasteiger partial charge in [-0.3, -0.25) is 5.32 Å². The molecular formula is C17H38N2O. The van der Waals surface area contributed by atoms with Crippen molar-refractivity contribution in [3.8, 4) is 0 Å². The Bertz CT molecular complexity index is 195. The fourth-order valence-corrected chi connectivity index (χ4v) is 2.61. The Morgan fingerprint density at radius 1 is 0.750 bits per heavy atom. The number of hydrogen-bond acceptors (Lipinski definition) is 2. The second-order valence-electron chi connectivity index (χ2n) is 6.36. The number of unbranched alkanes of at least 4 members (excludes halogenated alkanes) is 9. The average Bonchev–Trinajstić information content (AvgIpc) is 2.40. The first-order chi connectivity index (χ1) is 9.62. The first-order valence-electron chi connectivity index (χ1n) is 8.88. The molecule has 0 aliphatic carbocycles. The predicted octanol–water partition coefficient (Wildman–Crippen LogP) is 4.81. The van der Waals surface area contributed by atoms with Crippen LogP contribution in [-0.4, -0.2) is 31.5 Å². The van der Waals surface area contributed by atoms with E-state index in [0.717, 1.165) is 13.0 Å². The molecule has 0 aromatic heterocycles. The van der Waals surface area contributed by atoms with Crippen molar-refractivity contribution in [3.05, 3.63) is 5.21 Å². The molecule has 0 saturated heterocycles. The van der Waals surface area contributed by atoms with Crippen LogP contribution in [-0.2, 0) is 0 Å². The molecule has 0 aliphatic heterocycles. The highest BCUT2D eigenvalue weighted by atomic mass is 16.5. The van der Waals surface area contributed by atoms with E-state index >= 15 is 0 Å². The zero-order valence-electron chi connectivity index (χ0n) is 14.3. The molecule has 1 atom stereocenters. The van der Waals surface area contributed by atoms with E-state index in [2.05, 4.69) is 19.2 Å². The fraction of sp³-hybridized carbons (Fsp3) is 1.00. The minimum Gasteiger partial charge on any atom is -0.632 e. The molecular weight excluding hydrogens is 248 g/mol. The highest BCUT2D eigenvalue weighted by Crippen LogP contribution is 2.10. The highest BCUT2D eigenvalue weighted by Gasteiger charge is 2.06. The summed E-state index contributed by atoms with van der Waals surface area (Å²) < 4.78 is -0.145. The molecule has 0 aliphatic rings. The molecule has 0 heterocycles. The fourth-order valence-electron chi connectivity index (χ4n) is 2.61. The van der Waals surface area contributed by atoms with Gasteiger partial charge in [-0.1, -0.05) is 71.6 Å². The van der Waals surface area contributed by atoms with E-state index < -0.39 is 0 Å². The second kappa shape index (κ2) is 13.8. The summed E-state index contributed by atoms with van der Waals surface area (Å²) in [5.74, 6) is 0. The maximum atomic E-state index is 11.9. The van der Waals surface area contributed by atoms with Crippen LogP contribution in [0.1, 0.15) is 84.5 Å². The predicted molar refractivity (Wildman–Crippen MR) is 89.4 cm³/mol. The molecule has 0 saturated carbocycles. The summed E-state index contributed by atoms with van der Waals surface area (Å²) in [6, 6.07) is 0. The van der Waals surface area contributed by atoms with Crippen molar-refractivity contribution in [2.75, 3.05) is 26.8 Å². The lowest BCUT2D eigenvalue weighted by molar-refractivity contribution is -0.863. The topological polar surface area (TPSA) is 35.1 Å². The van der Waals surface area contributed by atoms with Crippen LogP contribution in [0.2, 0.25) is 0 Å². The first kappa shape index (κ1) is 19.9. The van der Waals surface area contributed by atoms with Gasteiger partial charge in [0.15, 0.2) is 0 Å². The Hall–Kier alpha value is -0.120. The third-order valence-corrected chi connectivity index (χ3v) is 3.85. The maximum Gasteiger partial charge on any atom is 0.132 e. The van der Waals surface area contributed by atoms with Crippen molar-refractivity contribution in [3.63, 3.8) is 0 Å². The lowest BCUT2D eigenvalue weighted by Crippen LogP contribution is -2.45. The highest BCUT2D eigenvalue weighted by molar-refractivity contribution is 4.49. The standard InChI is InChI=1S/C17H38N2O/c1-4-6-7-8-9-10-11-12-13-14-15-18-17-19(3,20)16-5-2/h18H,4-17H2,1-3H3. The Morgan fingerprint density at radius 3 is 1.75 bits per heavy atom. The SMILES string of the molecule is CCCCCCCCCCCCNC[N+](C)([O-])CCC. The number of quaternary nitrogens is 1. The molecule has 0 aromatic carbocycles. The molecule has 0 rings (SSSR count). The molecule has 0 radical (unpaired) electrons. The molecule has 3 heteroatoms. The van der Waals surface area contributed by atoms with Crippen LogP contribution < -0.4 is 5.32 Å². The number of nitrogens with one attached hydrogen (secondary N) is 1. The van der Waals surface area contributed by atoms with Gasteiger partial charge in [-0.2, -0.15) is 0 Å². The molecule has 0 aromatic rings. The molecule has 0 fully saturated rings. The normalized spacial score (nSPS) is 14.4. The third-order valence-electron chi connectivity index (χ3n) is 3.85. The van der Waals surface area contributed by atoms with Crippen LogP contribution in [0.15, 0.2) is 0 Å². The number of nitrogens with zero attached hydrogens (tertiary/aromatic N) is 1. The molecule has 1 N–H and O–H groups in total. The summed E-state index contributed by atoms with van der Waals surface area (Å²) in [7, 11) is 1.76. The average molecular weight is 287 g/mol. The van der Waals surface area contributed by atoms with E-state index in [1.807, 2.05) is 0 Å². The molecule has 0 bridgehead atoms. The van der Waals surface area contributed by atoms with E-state index in [1.165, 1.54) is 64.2 Å². The van der Waals surface area contributed by atoms with Crippen LogP contribution in [0.25, 0.3) is 0 Å². The van der Waals surface area contributed by atoms with Gasteiger partial charge in [0.05, 0.1) is 13.6 Å². The van der Waals surface area contributed by atoms with Crippen LogP contribution in [0.5, 0.6) is 0 Å². The smallest absolute Gasteiger partial charge is 0.132 e. The summed E-state index contributed by atoms with van der Waals surface area (Å²) >= 11 is 0. The van der Waals surface area contributed by atoms with Gasteiger partial charge < -0.3 is 9.85 Å². The number of rotatable bonds is 15. The molecule has 1 unspecified atom stereocenters. The van der Waals surface area contributed by atoms with Crippen molar-refractivity contribution in [2.24, 2.45) is 0 Å². The maximum absolute atomic E-state index is 11.9. The zero-order valence-corrected chi connectivity index (χ0v) is 14.3. The van der Waals surface area contributed by atoms with Gasteiger partial charge >= 0.3 is 0 Å². The van der Waals surface area contributed by atoms with E-state index in [-0.39, 0.29) is 4.65 Å².